The first-order chi connectivity index (χ1) is 14.1. The van der Waals surface area contributed by atoms with Crippen molar-refractivity contribution >= 4 is 35.2 Å². The second-order valence-corrected chi connectivity index (χ2v) is 6.93. The Morgan fingerprint density at radius 3 is 2.62 bits per heavy atom. The summed E-state index contributed by atoms with van der Waals surface area (Å²) < 4.78 is 16.0. The van der Waals surface area contributed by atoms with Crippen LogP contribution in [0.3, 0.4) is 0 Å². The van der Waals surface area contributed by atoms with Crippen LogP contribution in [0.5, 0.6) is 11.5 Å². The first-order valence-electron chi connectivity index (χ1n) is 8.66. The highest BCUT2D eigenvalue weighted by Crippen LogP contribution is 2.30. The molecule has 2 heterocycles. The van der Waals surface area contributed by atoms with Gasteiger partial charge in [0.1, 0.15) is 0 Å². The number of hydrogen-bond donors (Lipinski definition) is 0. The Labute approximate surface area is 170 Å². The minimum Gasteiger partial charge on any atom is -0.493 e. The van der Waals surface area contributed by atoms with Crippen LogP contribution < -0.4 is 9.47 Å². The molecule has 0 fully saturated rings. The number of carbonyl (C=O) groups excluding carboxylic acids is 2. The third-order valence-electron chi connectivity index (χ3n) is 4.06. The van der Waals surface area contributed by atoms with Crippen LogP contribution in [0.1, 0.15) is 20.8 Å². The fraction of sp³-hybridized carbons (Fsp3) is 0.0455. The Balaban J connectivity index is 1.57. The smallest absolute Gasteiger partial charge is 0.363 e. The summed E-state index contributed by atoms with van der Waals surface area (Å²) in [6, 6.07) is 17.3. The molecule has 0 unspecified atom stereocenters. The Morgan fingerprint density at radius 2 is 1.90 bits per heavy atom. The van der Waals surface area contributed by atoms with Gasteiger partial charge in [0.2, 0.25) is 5.90 Å². The number of benzene rings is 2. The summed E-state index contributed by atoms with van der Waals surface area (Å²) in [4.78, 5) is 29.4. The highest BCUT2D eigenvalue weighted by molar-refractivity contribution is 7.12. The largest absolute Gasteiger partial charge is 0.493 e. The molecule has 4 rings (SSSR count). The number of rotatable bonds is 5. The molecule has 6 nitrogen and oxygen atoms in total. The number of methoxy groups -OCH3 is 1. The fourth-order valence-corrected chi connectivity index (χ4v) is 3.31. The van der Waals surface area contributed by atoms with Crippen molar-refractivity contribution in [3.8, 4) is 11.5 Å². The maximum atomic E-state index is 12.3. The summed E-state index contributed by atoms with van der Waals surface area (Å²) in [6.07, 6.45) is 1.59. The summed E-state index contributed by atoms with van der Waals surface area (Å²) in [5, 5.41) is 1.88. The quantitative estimate of drug-likeness (QED) is 0.359. The molecule has 1 aliphatic heterocycles. The van der Waals surface area contributed by atoms with Gasteiger partial charge in [-0.2, -0.15) is 0 Å². The lowest BCUT2D eigenvalue weighted by Gasteiger charge is -2.10. The molecule has 29 heavy (non-hydrogen) atoms. The van der Waals surface area contributed by atoms with Gasteiger partial charge in [-0.25, -0.2) is 14.6 Å². The molecular formula is C22H15NO5S. The van der Waals surface area contributed by atoms with Crippen LogP contribution in [0, 0.1) is 0 Å². The zero-order valence-electron chi connectivity index (χ0n) is 15.3. The average molecular weight is 405 g/mol. The van der Waals surface area contributed by atoms with Crippen molar-refractivity contribution in [3.05, 3.63) is 87.7 Å². The van der Waals surface area contributed by atoms with Crippen molar-refractivity contribution in [2.24, 2.45) is 4.99 Å². The molecule has 1 aliphatic rings. The topological polar surface area (TPSA) is 74.2 Å². The summed E-state index contributed by atoms with van der Waals surface area (Å²) in [6.45, 7) is 0. The van der Waals surface area contributed by atoms with Crippen LogP contribution in [0.4, 0.5) is 0 Å². The van der Waals surface area contributed by atoms with Gasteiger partial charge in [-0.1, -0.05) is 30.3 Å². The molecule has 0 aliphatic carbocycles. The first kappa shape index (κ1) is 18.6. The van der Waals surface area contributed by atoms with Gasteiger partial charge >= 0.3 is 11.9 Å². The zero-order valence-corrected chi connectivity index (χ0v) is 16.1. The number of esters is 2. The van der Waals surface area contributed by atoms with E-state index >= 15 is 0 Å². The van der Waals surface area contributed by atoms with E-state index in [1.54, 1.807) is 48.5 Å². The van der Waals surface area contributed by atoms with Crippen LogP contribution in [0.15, 0.2) is 76.7 Å². The van der Waals surface area contributed by atoms with Crippen molar-refractivity contribution in [2.75, 3.05) is 7.11 Å². The molecule has 0 bridgehead atoms. The fourth-order valence-electron chi connectivity index (χ4n) is 2.66. The molecule has 7 heteroatoms. The number of aliphatic imine (C=N–C) groups is 1. The van der Waals surface area contributed by atoms with Gasteiger partial charge in [-0.3, -0.25) is 0 Å². The Bertz CT molecular complexity index is 1120. The molecule has 0 spiro atoms. The molecular weight excluding hydrogens is 390 g/mol. The van der Waals surface area contributed by atoms with E-state index in [9.17, 15) is 9.59 Å². The van der Waals surface area contributed by atoms with E-state index in [0.717, 1.165) is 4.88 Å². The van der Waals surface area contributed by atoms with Gasteiger partial charge in [0, 0.05) is 0 Å². The molecule has 2 aromatic carbocycles. The summed E-state index contributed by atoms with van der Waals surface area (Å²) >= 11 is 1.44. The van der Waals surface area contributed by atoms with E-state index < -0.39 is 11.9 Å². The van der Waals surface area contributed by atoms with Gasteiger partial charge in [-0.15, -0.1) is 11.3 Å². The molecule has 3 aromatic rings. The number of ether oxygens (including phenoxy) is 3. The van der Waals surface area contributed by atoms with Crippen molar-refractivity contribution < 1.29 is 23.8 Å². The van der Waals surface area contributed by atoms with E-state index in [0.29, 0.717) is 16.9 Å². The van der Waals surface area contributed by atoms with E-state index in [2.05, 4.69) is 4.99 Å². The van der Waals surface area contributed by atoms with Gasteiger partial charge in [0.15, 0.2) is 17.2 Å². The third-order valence-corrected chi connectivity index (χ3v) is 4.91. The summed E-state index contributed by atoms with van der Waals surface area (Å²) in [7, 11) is 1.48. The molecule has 0 amide bonds. The summed E-state index contributed by atoms with van der Waals surface area (Å²) in [5.74, 6) is -0.0825. The van der Waals surface area contributed by atoms with Crippen LogP contribution >= 0.6 is 11.3 Å². The third kappa shape index (κ3) is 4.09. The lowest BCUT2D eigenvalue weighted by molar-refractivity contribution is -0.129. The Morgan fingerprint density at radius 1 is 1.07 bits per heavy atom. The van der Waals surface area contributed by atoms with Gasteiger partial charge in [-0.05, 0) is 47.4 Å². The number of hydrogen-bond acceptors (Lipinski definition) is 7. The molecule has 0 saturated heterocycles. The minimum atomic E-state index is -0.521. The van der Waals surface area contributed by atoms with Crippen LogP contribution in [-0.4, -0.2) is 24.9 Å². The van der Waals surface area contributed by atoms with Crippen LogP contribution in [-0.2, 0) is 9.53 Å². The Kier molecular flexibility index (Phi) is 5.22. The minimum absolute atomic E-state index is 0.185. The molecule has 0 saturated carbocycles. The predicted molar refractivity (Wildman–Crippen MR) is 109 cm³/mol. The van der Waals surface area contributed by atoms with Crippen molar-refractivity contribution in [1.82, 2.24) is 0 Å². The lowest BCUT2D eigenvalue weighted by atomic mass is 10.1. The number of carbonyl (C=O) groups is 2. The monoisotopic (exact) mass is 405 g/mol. The van der Waals surface area contributed by atoms with Crippen molar-refractivity contribution in [2.45, 2.75) is 0 Å². The normalized spacial score (nSPS) is 14.4. The van der Waals surface area contributed by atoms with Crippen LogP contribution in [0.2, 0.25) is 0 Å². The van der Waals surface area contributed by atoms with E-state index in [4.69, 9.17) is 14.2 Å². The van der Waals surface area contributed by atoms with Gasteiger partial charge < -0.3 is 14.2 Å². The average Bonchev–Trinajstić information content (AvgIpc) is 3.40. The van der Waals surface area contributed by atoms with Crippen molar-refractivity contribution in [3.63, 3.8) is 0 Å². The second kappa shape index (κ2) is 8.12. The van der Waals surface area contributed by atoms with Crippen molar-refractivity contribution in [1.29, 1.82) is 0 Å². The maximum absolute atomic E-state index is 12.3. The SMILES string of the molecule is COc1cc(/C=C2\N=C(c3cccs3)OC2=O)ccc1OC(=O)c1ccccc1. The molecule has 0 atom stereocenters. The Hall–Kier alpha value is -3.71. The summed E-state index contributed by atoms with van der Waals surface area (Å²) in [5.41, 5.74) is 1.28. The highest BCUT2D eigenvalue weighted by atomic mass is 32.1. The predicted octanol–water partition coefficient (Wildman–Crippen LogP) is 4.32. The number of thiophene rings is 1. The van der Waals surface area contributed by atoms with E-state index in [1.165, 1.54) is 18.4 Å². The van der Waals surface area contributed by atoms with Gasteiger partial charge in [0.05, 0.1) is 17.6 Å². The van der Waals surface area contributed by atoms with Gasteiger partial charge in [0.25, 0.3) is 0 Å². The maximum Gasteiger partial charge on any atom is 0.363 e. The van der Waals surface area contributed by atoms with E-state index in [-0.39, 0.29) is 17.3 Å². The lowest BCUT2D eigenvalue weighted by Crippen LogP contribution is -2.09. The standard InChI is InChI=1S/C22H15NO5S/c1-26-18-13-14(9-10-17(18)27-21(24)15-6-3-2-4-7-15)12-16-22(25)28-20(23-16)19-8-5-11-29-19/h2-13H,1H3/b16-12-. The molecule has 144 valence electrons. The molecule has 0 N–H and O–H groups in total. The first-order valence-corrected chi connectivity index (χ1v) is 9.54. The zero-order chi connectivity index (χ0) is 20.2. The number of nitrogens with zero attached hydrogens (tertiary/aromatic N) is 1. The van der Waals surface area contributed by atoms with Crippen LogP contribution in [0.25, 0.3) is 6.08 Å². The number of cyclic esters (lactones) is 1. The van der Waals surface area contributed by atoms with E-state index in [1.807, 2.05) is 23.6 Å². The molecule has 0 radical (unpaired) electrons. The molecule has 1 aromatic heterocycles. The second-order valence-electron chi connectivity index (χ2n) is 5.98. The highest BCUT2D eigenvalue weighted by Gasteiger charge is 2.25.